The number of esters is 1. The van der Waals surface area contributed by atoms with E-state index in [0.29, 0.717) is 5.56 Å². The fraction of sp³-hybridized carbons (Fsp3) is 0.559. The first-order valence-corrected chi connectivity index (χ1v) is 16.7. The number of phenols is 4. The maximum absolute atomic E-state index is 13.2. The number of rotatable bonds is 13. The van der Waals surface area contributed by atoms with Crippen molar-refractivity contribution in [2.75, 3.05) is 26.4 Å². The monoisotopic (exact) mass is 756 g/mol. The second-order valence-electron chi connectivity index (χ2n) is 12.7. The Balaban J connectivity index is 1.47. The molecule has 3 aliphatic rings. The topological polar surface area (TPSA) is 304 Å². The molecule has 3 saturated heterocycles. The van der Waals surface area contributed by atoms with Crippen molar-refractivity contribution in [1.82, 2.24) is 0 Å². The van der Waals surface area contributed by atoms with Crippen molar-refractivity contribution >= 4 is 12.0 Å². The molecule has 0 amide bonds. The SMILES string of the molecule is O=C(/C=C/c1ccc(O)c(O)c1)O[C@H]1[C@H](O[C@@H]2O[C@H](CO)[C@@H](O)[C@H](O)[C@H]2O)[C@@H](O[C@H]2C[C@@H](O)[C@@H](O)CO2)[C@H](OCCc2ccc(O)c(O)c2)O[C@@H]1CO. The fourth-order valence-corrected chi connectivity index (χ4v) is 5.94. The number of phenolic OH excluding ortho intramolecular Hbond substituents is 4. The maximum Gasteiger partial charge on any atom is 0.331 e. The van der Waals surface area contributed by atoms with Crippen molar-refractivity contribution in [2.45, 2.75) is 92.8 Å². The van der Waals surface area contributed by atoms with E-state index in [2.05, 4.69) is 0 Å². The Kier molecular flexibility index (Phi) is 13.8. The molecule has 53 heavy (non-hydrogen) atoms. The van der Waals surface area contributed by atoms with E-state index in [-0.39, 0.29) is 43.1 Å². The summed E-state index contributed by atoms with van der Waals surface area (Å²) in [7, 11) is 0. The highest BCUT2D eigenvalue weighted by Crippen LogP contribution is 2.35. The summed E-state index contributed by atoms with van der Waals surface area (Å²) >= 11 is 0. The van der Waals surface area contributed by atoms with E-state index in [4.69, 9.17) is 33.2 Å². The molecule has 3 heterocycles. The summed E-state index contributed by atoms with van der Waals surface area (Å²) in [5.41, 5.74) is 0.825. The van der Waals surface area contributed by atoms with Gasteiger partial charge in [0, 0.05) is 12.5 Å². The van der Waals surface area contributed by atoms with Gasteiger partial charge >= 0.3 is 5.97 Å². The summed E-state index contributed by atoms with van der Waals surface area (Å²) in [6, 6.07) is 7.87. The Morgan fingerprint density at radius 2 is 1.42 bits per heavy atom. The third-order valence-corrected chi connectivity index (χ3v) is 8.93. The Morgan fingerprint density at radius 1 is 0.736 bits per heavy atom. The number of ether oxygens (including phenoxy) is 7. The molecule has 0 saturated carbocycles. The average Bonchev–Trinajstić information content (AvgIpc) is 3.13. The molecule has 3 fully saturated rings. The molecule has 19 nitrogen and oxygen atoms in total. The van der Waals surface area contributed by atoms with Crippen LogP contribution in [0.15, 0.2) is 42.5 Å². The molecule has 11 N–H and O–H groups in total. The summed E-state index contributed by atoms with van der Waals surface area (Å²) in [5.74, 6) is -2.60. The van der Waals surface area contributed by atoms with Crippen LogP contribution in [0.25, 0.3) is 6.08 Å². The lowest BCUT2D eigenvalue weighted by molar-refractivity contribution is -0.379. The van der Waals surface area contributed by atoms with Crippen LogP contribution >= 0.6 is 0 Å². The van der Waals surface area contributed by atoms with Gasteiger partial charge in [-0.05, 0) is 47.9 Å². The summed E-state index contributed by atoms with van der Waals surface area (Å²) in [6.45, 7) is -2.10. The molecule has 3 aliphatic heterocycles. The zero-order valence-electron chi connectivity index (χ0n) is 28.1. The van der Waals surface area contributed by atoms with Gasteiger partial charge in [0.25, 0.3) is 0 Å². The predicted octanol–water partition coefficient (Wildman–Crippen LogP) is -2.55. The highest BCUT2D eigenvalue weighted by Gasteiger charge is 2.54. The average molecular weight is 757 g/mol. The predicted molar refractivity (Wildman–Crippen MR) is 174 cm³/mol. The van der Waals surface area contributed by atoms with Gasteiger partial charge in [-0.1, -0.05) is 12.1 Å². The quantitative estimate of drug-likeness (QED) is 0.0569. The van der Waals surface area contributed by atoms with Crippen molar-refractivity contribution in [1.29, 1.82) is 0 Å². The number of aromatic hydroxyl groups is 4. The van der Waals surface area contributed by atoms with E-state index in [1.54, 1.807) is 0 Å². The lowest BCUT2D eigenvalue weighted by Gasteiger charge is -2.48. The fourth-order valence-electron chi connectivity index (χ4n) is 5.94. The molecule has 2 aromatic carbocycles. The molecule has 2 aromatic rings. The summed E-state index contributed by atoms with van der Waals surface area (Å²) < 4.78 is 41.2. The Labute approximate surface area is 302 Å². The van der Waals surface area contributed by atoms with Gasteiger partial charge in [-0.25, -0.2) is 4.79 Å². The van der Waals surface area contributed by atoms with Crippen molar-refractivity contribution in [3.05, 3.63) is 53.6 Å². The molecular weight excluding hydrogens is 712 g/mol. The van der Waals surface area contributed by atoms with Crippen LogP contribution in [0.2, 0.25) is 0 Å². The lowest BCUT2D eigenvalue weighted by Crippen LogP contribution is -2.66. The van der Waals surface area contributed by atoms with Crippen LogP contribution in [-0.2, 0) is 44.4 Å². The van der Waals surface area contributed by atoms with Crippen LogP contribution in [0.5, 0.6) is 23.0 Å². The van der Waals surface area contributed by atoms with Gasteiger partial charge in [0.1, 0.15) is 48.8 Å². The largest absolute Gasteiger partial charge is 0.504 e. The van der Waals surface area contributed by atoms with Gasteiger partial charge in [0.15, 0.2) is 48.0 Å². The van der Waals surface area contributed by atoms with E-state index in [1.807, 2.05) is 0 Å². The van der Waals surface area contributed by atoms with Gasteiger partial charge < -0.3 is 89.3 Å². The second kappa shape index (κ2) is 18.1. The smallest absolute Gasteiger partial charge is 0.331 e. The van der Waals surface area contributed by atoms with E-state index in [9.17, 15) is 61.0 Å². The van der Waals surface area contributed by atoms with E-state index >= 15 is 0 Å². The summed E-state index contributed by atoms with van der Waals surface area (Å²) in [4.78, 5) is 13.2. The molecule has 294 valence electrons. The van der Waals surface area contributed by atoms with Crippen LogP contribution in [0.4, 0.5) is 0 Å². The number of benzene rings is 2. The number of aliphatic hydroxyl groups excluding tert-OH is 7. The van der Waals surface area contributed by atoms with E-state index in [1.165, 1.54) is 42.5 Å². The van der Waals surface area contributed by atoms with Gasteiger partial charge in [0.2, 0.25) is 0 Å². The van der Waals surface area contributed by atoms with Gasteiger partial charge in [0.05, 0.1) is 32.5 Å². The van der Waals surface area contributed by atoms with Crippen LogP contribution in [0.3, 0.4) is 0 Å². The van der Waals surface area contributed by atoms with Gasteiger partial charge in [-0.15, -0.1) is 0 Å². The molecule has 5 rings (SSSR count). The Bertz CT molecular complexity index is 1540. The third-order valence-electron chi connectivity index (χ3n) is 8.93. The van der Waals surface area contributed by atoms with Crippen molar-refractivity contribution in [2.24, 2.45) is 0 Å². The van der Waals surface area contributed by atoms with E-state index in [0.717, 1.165) is 6.08 Å². The molecule has 0 radical (unpaired) electrons. The highest BCUT2D eigenvalue weighted by molar-refractivity contribution is 5.87. The normalized spacial score (nSPS) is 35.0. The van der Waals surface area contributed by atoms with Gasteiger partial charge in [-0.2, -0.15) is 0 Å². The second-order valence-corrected chi connectivity index (χ2v) is 12.7. The van der Waals surface area contributed by atoms with Crippen LogP contribution in [-0.4, -0.2) is 168 Å². The standard InChI is InChI=1S/C34H44O19/c35-12-23-27(44)28(45)29(46)33(49-23)53-31-30(51-25(43)6-3-15-1-4-17(37)19(39)9-15)24(13-36)50-34(32(31)52-26-11-21(41)22(42)14-48-26)47-8-7-16-2-5-18(38)20(40)10-16/h1-6,9-10,21-24,26-42,44-46H,7-8,11-14H2/b6-3+/t21-,22+,23-,24-,26+,27-,28+,29-,30-,31+,32-,33+,34-/m1/s1. The van der Waals surface area contributed by atoms with Crippen LogP contribution in [0, 0.1) is 0 Å². The van der Waals surface area contributed by atoms with Crippen molar-refractivity contribution in [3.8, 4) is 23.0 Å². The summed E-state index contributed by atoms with van der Waals surface area (Å²) in [6.07, 6.45) is -18.2. The zero-order chi connectivity index (χ0) is 38.4. The molecular formula is C34H44O19. The third kappa shape index (κ3) is 9.91. The van der Waals surface area contributed by atoms with Crippen LogP contribution < -0.4 is 0 Å². The number of carbonyl (C=O) groups is 1. The number of carbonyl (C=O) groups excluding carboxylic acids is 1. The van der Waals surface area contributed by atoms with E-state index < -0.39 is 111 Å². The van der Waals surface area contributed by atoms with Gasteiger partial charge in [-0.3, -0.25) is 0 Å². The molecule has 0 aliphatic carbocycles. The van der Waals surface area contributed by atoms with Crippen LogP contribution in [0.1, 0.15) is 17.5 Å². The number of hydrogen-bond donors (Lipinski definition) is 11. The first kappa shape index (κ1) is 40.5. The van der Waals surface area contributed by atoms with Crippen molar-refractivity contribution < 1.29 is 94.1 Å². The molecule has 19 heteroatoms. The minimum Gasteiger partial charge on any atom is -0.504 e. The molecule has 0 bridgehead atoms. The first-order chi connectivity index (χ1) is 25.3. The maximum atomic E-state index is 13.2. The minimum absolute atomic E-state index is 0.140. The Morgan fingerprint density at radius 3 is 2.08 bits per heavy atom. The number of aliphatic hydroxyl groups is 7. The van der Waals surface area contributed by atoms with Crippen molar-refractivity contribution in [3.63, 3.8) is 0 Å². The summed E-state index contributed by atoms with van der Waals surface area (Å²) in [5, 5.41) is 111. The minimum atomic E-state index is -1.94. The number of hydrogen-bond acceptors (Lipinski definition) is 19. The first-order valence-electron chi connectivity index (χ1n) is 16.7. The highest BCUT2D eigenvalue weighted by atomic mass is 16.8. The molecule has 13 atom stereocenters. The molecule has 0 spiro atoms. The lowest BCUT2D eigenvalue weighted by atomic mass is 9.96. The molecule has 0 aromatic heterocycles. The zero-order valence-corrected chi connectivity index (χ0v) is 28.1. The molecule has 0 unspecified atom stereocenters. The Hall–Kier alpha value is -3.67.